The molecule has 0 heterocycles. The van der Waals surface area contributed by atoms with Crippen molar-refractivity contribution < 1.29 is 23.8 Å². The Morgan fingerprint density at radius 1 is 1.12 bits per heavy atom. The van der Waals surface area contributed by atoms with Crippen LogP contribution in [0, 0.1) is 11.3 Å². The highest BCUT2D eigenvalue weighted by molar-refractivity contribution is 6.01. The molecule has 0 unspecified atom stereocenters. The van der Waals surface area contributed by atoms with E-state index in [1.165, 1.54) is 14.2 Å². The molecule has 0 radical (unpaired) electrons. The highest BCUT2D eigenvalue weighted by Crippen LogP contribution is 2.53. The minimum atomic E-state index is -1.31. The van der Waals surface area contributed by atoms with Gasteiger partial charge in [-0.2, -0.15) is 0 Å². The number of esters is 2. The first-order valence-electron chi connectivity index (χ1n) is 8.08. The lowest BCUT2D eigenvalue weighted by molar-refractivity contribution is -0.175. The van der Waals surface area contributed by atoms with Crippen molar-refractivity contribution >= 4 is 11.9 Å². The predicted octanol–water partition coefficient (Wildman–Crippen LogP) is 2.63. The summed E-state index contributed by atoms with van der Waals surface area (Å²) < 4.78 is 15.4. The Labute approximate surface area is 141 Å². The molecular formula is C19H22O5. The van der Waals surface area contributed by atoms with E-state index in [1.807, 2.05) is 18.2 Å². The molecule has 1 aromatic carbocycles. The third-order valence-electron chi connectivity index (χ3n) is 5.33. The molecule has 2 aliphatic rings. The molecule has 128 valence electrons. The number of benzene rings is 1. The Kier molecular flexibility index (Phi) is 4.35. The van der Waals surface area contributed by atoms with Crippen LogP contribution in [0.4, 0.5) is 0 Å². The Hall–Kier alpha value is -2.30. The standard InChI is InChI=1S/C19H22O5/c1-22-13-8-9-14-12(10-13)11-19(17(20)23-2,18(21)24-3)16-7-5-4-6-15(14)16/h4,6,8-10,15-16H,5,7,11H2,1-3H3/t15-,16-/m1/s1. The van der Waals surface area contributed by atoms with Gasteiger partial charge in [-0.05, 0) is 48.4 Å². The second kappa shape index (κ2) is 6.30. The average molecular weight is 330 g/mol. The van der Waals surface area contributed by atoms with Gasteiger partial charge in [0.2, 0.25) is 0 Å². The van der Waals surface area contributed by atoms with Gasteiger partial charge in [0, 0.05) is 5.92 Å². The van der Waals surface area contributed by atoms with E-state index in [2.05, 4.69) is 12.2 Å². The summed E-state index contributed by atoms with van der Waals surface area (Å²) in [5.41, 5.74) is 0.760. The molecule has 0 saturated carbocycles. The zero-order valence-corrected chi connectivity index (χ0v) is 14.2. The maximum absolute atomic E-state index is 12.7. The van der Waals surface area contributed by atoms with Crippen LogP contribution in [0.2, 0.25) is 0 Å². The number of methoxy groups -OCH3 is 3. The first-order chi connectivity index (χ1) is 11.6. The van der Waals surface area contributed by atoms with Crippen molar-refractivity contribution in [3.05, 3.63) is 41.5 Å². The topological polar surface area (TPSA) is 61.8 Å². The number of ether oxygens (including phenoxy) is 3. The lowest BCUT2D eigenvalue weighted by Crippen LogP contribution is -2.53. The molecule has 0 fully saturated rings. The maximum atomic E-state index is 12.7. The van der Waals surface area contributed by atoms with Crippen LogP contribution in [0.1, 0.15) is 29.9 Å². The molecule has 0 spiro atoms. The molecule has 5 heteroatoms. The zero-order chi connectivity index (χ0) is 17.3. The van der Waals surface area contributed by atoms with E-state index in [1.54, 1.807) is 7.11 Å². The summed E-state index contributed by atoms with van der Waals surface area (Å²) in [6, 6.07) is 5.84. The Balaban J connectivity index is 2.21. The fourth-order valence-electron chi connectivity index (χ4n) is 4.22. The molecule has 0 bridgehead atoms. The first-order valence-corrected chi connectivity index (χ1v) is 8.08. The summed E-state index contributed by atoms with van der Waals surface area (Å²) in [5.74, 6) is -0.508. The summed E-state index contributed by atoms with van der Waals surface area (Å²) in [7, 11) is 4.24. The number of carbonyl (C=O) groups excluding carboxylic acids is 2. The smallest absolute Gasteiger partial charge is 0.323 e. The van der Waals surface area contributed by atoms with E-state index in [9.17, 15) is 9.59 Å². The molecule has 0 N–H and O–H groups in total. The van der Waals surface area contributed by atoms with Crippen LogP contribution in [-0.4, -0.2) is 33.3 Å². The van der Waals surface area contributed by atoms with Gasteiger partial charge in [-0.1, -0.05) is 18.2 Å². The van der Waals surface area contributed by atoms with Crippen molar-refractivity contribution in [1.29, 1.82) is 0 Å². The molecule has 3 rings (SSSR count). The van der Waals surface area contributed by atoms with Crippen LogP contribution in [0.3, 0.4) is 0 Å². The number of fused-ring (bicyclic) bond motifs is 3. The van der Waals surface area contributed by atoms with Gasteiger partial charge < -0.3 is 14.2 Å². The summed E-state index contributed by atoms with van der Waals surface area (Å²) >= 11 is 0. The van der Waals surface area contributed by atoms with E-state index < -0.39 is 17.4 Å². The molecule has 0 amide bonds. The Morgan fingerprint density at radius 2 is 1.83 bits per heavy atom. The van der Waals surface area contributed by atoms with Gasteiger partial charge in [0.25, 0.3) is 0 Å². The quantitative estimate of drug-likeness (QED) is 0.484. The molecule has 0 aromatic heterocycles. The number of rotatable bonds is 3. The van der Waals surface area contributed by atoms with Crippen molar-refractivity contribution in [3.8, 4) is 5.75 Å². The fourth-order valence-corrected chi connectivity index (χ4v) is 4.22. The third-order valence-corrected chi connectivity index (χ3v) is 5.33. The van der Waals surface area contributed by atoms with E-state index in [0.29, 0.717) is 5.75 Å². The summed E-state index contributed by atoms with van der Waals surface area (Å²) in [6.45, 7) is 0. The lowest BCUT2D eigenvalue weighted by atomic mass is 9.57. The minimum absolute atomic E-state index is 0.00777. The van der Waals surface area contributed by atoms with Crippen LogP contribution < -0.4 is 4.74 Å². The Morgan fingerprint density at radius 3 is 2.46 bits per heavy atom. The predicted molar refractivity (Wildman–Crippen MR) is 87.8 cm³/mol. The maximum Gasteiger partial charge on any atom is 0.323 e. The summed E-state index contributed by atoms with van der Waals surface area (Å²) in [4.78, 5) is 25.5. The molecule has 2 atom stereocenters. The second-order valence-electron chi connectivity index (χ2n) is 6.33. The second-order valence-corrected chi connectivity index (χ2v) is 6.33. The number of hydrogen-bond donors (Lipinski definition) is 0. The van der Waals surface area contributed by atoms with Gasteiger partial charge in [0.1, 0.15) is 5.75 Å². The average Bonchev–Trinajstić information content (AvgIpc) is 2.65. The molecule has 2 aliphatic carbocycles. The third kappa shape index (κ3) is 2.30. The molecule has 0 aliphatic heterocycles. The number of carbonyl (C=O) groups is 2. The molecule has 5 nitrogen and oxygen atoms in total. The van der Waals surface area contributed by atoms with Crippen molar-refractivity contribution in [1.82, 2.24) is 0 Å². The zero-order valence-electron chi connectivity index (χ0n) is 14.2. The highest BCUT2D eigenvalue weighted by atomic mass is 16.5. The van der Waals surface area contributed by atoms with E-state index in [0.717, 1.165) is 24.0 Å². The number of hydrogen-bond acceptors (Lipinski definition) is 5. The first kappa shape index (κ1) is 16.6. The van der Waals surface area contributed by atoms with Crippen LogP contribution in [0.15, 0.2) is 30.4 Å². The molecule has 1 aromatic rings. The lowest BCUT2D eigenvalue weighted by Gasteiger charge is -2.45. The fraction of sp³-hybridized carbons (Fsp3) is 0.474. The van der Waals surface area contributed by atoms with Crippen molar-refractivity contribution in [2.24, 2.45) is 11.3 Å². The van der Waals surface area contributed by atoms with Gasteiger partial charge in [-0.3, -0.25) is 9.59 Å². The van der Waals surface area contributed by atoms with Crippen LogP contribution in [-0.2, 0) is 25.5 Å². The molecular weight excluding hydrogens is 308 g/mol. The van der Waals surface area contributed by atoms with Crippen molar-refractivity contribution in [2.45, 2.75) is 25.2 Å². The van der Waals surface area contributed by atoms with Crippen molar-refractivity contribution in [3.63, 3.8) is 0 Å². The normalized spacial score (nSPS) is 23.6. The van der Waals surface area contributed by atoms with Crippen LogP contribution in [0.5, 0.6) is 5.75 Å². The van der Waals surface area contributed by atoms with Crippen LogP contribution in [0.25, 0.3) is 0 Å². The van der Waals surface area contributed by atoms with Gasteiger partial charge in [0.05, 0.1) is 21.3 Å². The van der Waals surface area contributed by atoms with Gasteiger partial charge in [0.15, 0.2) is 5.41 Å². The minimum Gasteiger partial charge on any atom is -0.497 e. The van der Waals surface area contributed by atoms with Gasteiger partial charge in [-0.15, -0.1) is 0 Å². The number of allylic oxidation sites excluding steroid dienone is 2. The summed E-state index contributed by atoms with van der Waals surface area (Å²) in [5, 5.41) is 0. The van der Waals surface area contributed by atoms with Crippen LogP contribution >= 0.6 is 0 Å². The van der Waals surface area contributed by atoms with E-state index >= 15 is 0 Å². The SMILES string of the molecule is COC(=O)C1(C(=O)OC)Cc2cc(OC)ccc2[C@H]2C=CCC[C@H]21. The monoisotopic (exact) mass is 330 g/mol. The van der Waals surface area contributed by atoms with E-state index in [4.69, 9.17) is 14.2 Å². The largest absolute Gasteiger partial charge is 0.497 e. The van der Waals surface area contributed by atoms with Crippen molar-refractivity contribution in [2.75, 3.05) is 21.3 Å². The van der Waals surface area contributed by atoms with Gasteiger partial charge in [-0.25, -0.2) is 0 Å². The Bertz CT molecular complexity index is 675. The molecule has 24 heavy (non-hydrogen) atoms. The summed E-state index contributed by atoms with van der Waals surface area (Å²) in [6.07, 6.45) is 6.06. The van der Waals surface area contributed by atoms with Gasteiger partial charge >= 0.3 is 11.9 Å². The van der Waals surface area contributed by atoms with E-state index in [-0.39, 0.29) is 18.3 Å². The molecule has 0 saturated heterocycles. The highest BCUT2D eigenvalue weighted by Gasteiger charge is 2.59.